The summed E-state index contributed by atoms with van der Waals surface area (Å²) in [5.41, 5.74) is 1.88. The summed E-state index contributed by atoms with van der Waals surface area (Å²) in [7, 11) is -3.24. The van der Waals surface area contributed by atoms with Crippen LogP contribution >= 0.6 is 11.6 Å². The molecule has 0 aliphatic heterocycles. The van der Waals surface area contributed by atoms with Crippen molar-refractivity contribution in [2.75, 3.05) is 11.6 Å². The molecular formula is C15H15ClFNO2S. The van der Waals surface area contributed by atoms with Gasteiger partial charge in [-0.25, -0.2) is 12.8 Å². The van der Waals surface area contributed by atoms with Gasteiger partial charge in [0.1, 0.15) is 5.82 Å². The third-order valence-electron chi connectivity index (χ3n) is 2.91. The summed E-state index contributed by atoms with van der Waals surface area (Å²) in [6, 6.07) is 11.4. The van der Waals surface area contributed by atoms with Crippen LogP contribution in [-0.2, 0) is 22.1 Å². The van der Waals surface area contributed by atoms with E-state index >= 15 is 0 Å². The lowest BCUT2D eigenvalue weighted by molar-refractivity contribution is 0.600. The van der Waals surface area contributed by atoms with Gasteiger partial charge in [0.15, 0.2) is 9.84 Å². The topological polar surface area (TPSA) is 46.2 Å². The average molecular weight is 328 g/mol. The van der Waals surface area contributed by atoms with Crippen molar-refractivity contribution in [1.82, 2.24) is 0 Å². The number of rotatable bonds is 5. The van der Waals surface area contributed by atoms with Crippen LogP contribution in [0.1, 0.15) is 11.1 Å². The maximum atomic E-state index is 13.3. The number of nitrogens with one attached hydrogen (secondary N) is 1. The SMILES string of the molecule is CS(=O)(=O)Cc1cc(F)ccc1NCc1ccccc1Cl. The molecule has 0 bridgehead atoms. The van der Waals surface area contributed by atoms with Gasteiger partial charge in [-0.15, -0.1) is 0 Å². The number of anilines is 1. The maximum absolute atomic E-state index is 13.3. The molecule has 2 aromatic rings. The van der Waals surface area contributed by atoms with E-state index in [-0.39, 0.29) is 5.75 Å². The minimum absolute atomic E-state index is 0.213. The lowest BCUT2D eigenvalue weighted by Gasteiger charge is -2.12. The van der Waals surface area contributed by atoms with Crippen molar-refractivity contribution >= 4 is 27.1 Å². The van der Waals surface area contributed by atoms with E-state index in [4.69, 9.17) is 11.6 Å². The van der Waals surface area contributed by atoms with Crippen molar-refractivity contribution in [3.8, 4) is 0 Å². The van der Waals surface area contributed by atoms with E-state index < -0.39 is 15.7 Å². The highest BCUT2D eigenvalue weighted by Gasteiger charge is 2.11. The molecule has 112 valence electrons. The molecule has 0 aliphatic carbocycles. The minimum atomic E-state index is -3.24. The molecule has 0 spiro atoms. The Morgan fingerprint density at radius 3 is 2.52 bits per heavy atom. The maximum Gasteiger partial charge on any atom is 0.151 e. The Labute approximate surface area is 128 Å². The highest BCUT2D eigenvalue weighted by molar-refractivity contribution is 7.89. The fourth-order valence-electron chi connectivity index (χ4n) is 1.97. The van der Waals surface area contributed by atoms with Gasteiger partial charge >= 0.3 is 0 Å². The zero-order chi connectivity index (χ0) is 15.5. The second-order valence-corrected chi connectivity index (χ2v) is 7.36. The third kappa shape index (κ3) is 4.72. The van der Waals surface area contributed by atoms with Crippen LogP contribution in [-0.4, -0.2) is 14.7 Å². The van der Waals surface area contributed by atoms with Gasteiger partial charge in [0, 0.05) is 23.5 Å². The number of hydrogen-bond donors (Lipinski definition) is 1. The zero-order valence-electron chi connectivity index (χ0n) is 11.4. The summed E-state index contributed by atoms with van der Waals surface area (Å²) >= 11 is 6.07. The molecular weight excluding hydrogens is 313 g/mol. The fraction of sp³-hybridized carbons (Fsp3) is 0.200. The predicted octanol–water partition coefficient (Wildman–Crippen LogP) is 3.64. The lowest BCUT2D eigenvalue weighted by atomic mass is 10.1. The van der Waals surface area contributed by atoms with Gasteiger partial charge in [-0.3, -0.25) is 0 Å². The molecule has 21 heavy (non-hydrogen) atoms. The molecule has 0 atom stereocenters. The summed E-state index contributed by atoms with van der Waals surface area (Å²) in [5, 5.41) is 3.73. The Kier molecular flexibility index (Phi) is 4.85. The monoisotopic (exact) mass is 327 g/mol. The molecule has 1 N–H and O–H groups in total. The van der Waals surface area contributed by atoms with Crippen LogP contribution in [0.25, 0.3) is 0 Å². The molecule has 0 amide bonds. The van der Waals surface area contributed by atoms with Crippen molar-refractivity contribution in [3.05, 3.63) is 64.4 Å². The largest absolute Gasteiger partial charge is 0.381 e. The summed E-state index contributed by atoms with van der Waals surface area (Å²) < 4.78 is 36.1. The highest BCUT2D eigenvalue weighted by atomic mass is 35.5. The molecule has 0 aromatic heterocycles. The van der Waals surface area contributed by atoms with E-state index in [9.17, 15) is 12.8 Å². The molecule has 0 heterocycles. The van der Waals surface area contributed by atoms with E-state index in [1.165, 1.54) is 18.2 Å². The van der Waals surface area contributed by atoms with E-state index in [2.05, 4.69) is 5.32 Å². The summed E-state index contributed by atoms with van der Waals surface area (Å²) in [6.45, 7) is 0.433. The average Bonchev–Trinajstić information content (AvgIpc) is 2.38. The van der Waals surface area contributed by atoms with E-state index in [1.807, 2.05) is 18.2 Å². The zero-order valence-corrected chi connectivity index (χ0v) is 13.0. The van der Waals surface area contributed by atoms with Gasteiger partial charge in [-0.2, -0.15) is 0 Å². The van der Waals surface area contributed by atoms with Gasteiger partial charge in [-0.1, -0.05) is 29.8 Å². The quantitative estimate of drug-likeness (QED) is 0.912. The number of benzene rings is 2. The highest BCUT2D eigenvalue weighted by Crippen LogP contribution is 2.22. The van der Waals surface area contributed by atoms with Crippen molar-refractivity contribution in [1.29, 1.82) is 0 Å². The molecule has 0 aliphatic rings. The predicted molar refractivity (Wildman–Crippen MR) is 83.7 cm³/mol. The number of sulfone groups is 1. The Morgan fingerprint density at radius 2 is 1.86 bits per heavy atom. The van der Waals surface area contributed by atoms with Crippen LogP contribution < -0.4 is 5.32 Å². The van der Waals surface area contributed by atoms with Gasteiger partial charge in [0.2, 0.25) is 0 Å². The lowest BCUT2D eigenvalue weighted by Crippen LogP contribution is -2.07. The fourth-order valence-corrected chi connectivity index (χ4v) is 2.98. The van der Waals surface area contributed by atoms with E-state index in [0.29, 0.717) is 22.8 Å². The molecule has 6 heteroatoms. The molecule has 0 unspecified atom stereocenters. The normalized spacial score (nSPS) is 11.4. The molecule has 3 nitrogen and oxygen atoms in total. The summed E-state index contributed by atoms with van der Waals surface area (Å²) in [5.74, 6) is -0.674. The number of halogens is 2. The van der Waals surface area contributed by atoms with Crippen LogP contribution in [0.4, 0.5) is 10.1 Å². The van der Waals surface area contributed by atoms with Crippen LogP contribution in [0.2, 0.25) is 5.02 Å². The Morgan fingerprint density at radius 1 is 1.14 bits per heavy atom. The Bertz CT molecular complexity index is 747. The van der Waals surface area contributed by atoms with Crippen LogP contribution in [0, 0.1) is 5.82 Å². The standard InChI is InChI=1S/C15H15ClFNO2S/c1-21(19,20)10-12-8-13(17)6-7-15(12)18-9-11-4-2-3-5-14(11)16/h2-8,18H,9-10H2,1H3. The van der Waals surface area contributed by atoms with E-state index in [0.717, 1.165) is 11.8 Å². The smallest absolute Gasteiger partial charge is 0.151 e. The second-order valence-electron chi connectivity index (χ2n) is 4.82. The second kappa shape index (κ2) is 6.45. The third-order valence-corrected chi connectivity index (χ3v) is 4.12. The Balaban J connectivity index is 2.22. The molecule has 0 fully saturated rings. The van der Waals surface area contributed by atoms with Gasteiger partial charge in [0.05, 0.1) is 5.75 Å². The number of hydrogen-bond acceptors (Lipinski definition) is 3. The van der Waals surface area contributed by atoms with Crippen molar-refractivity contribution in [3.63, 3.8) is 0 Å². The van der Waals surface area contributed by atoms with Gasteiger partial charge in [-0.05, 0) is 35.4 Å². The van der Waals surface area contributed by atoms with Crippen molar-refractivity contribution < 1.29 is 12.8 Å². The summed E-state index contributed by atoms with van der Waals surface area (Å²) in [6.07, 6.45) is 1.12. The molecule has 0 saturated carbocycles. The minimum Gasteiger partial charge on any atom is -0.381 e. The van der Waals surface area contributed by atoms with E-state index in [1.54, 1.807) is 6.07 Å². The summed E-state index contributed by atoms with van der Waals surface area (Å²) in [4.78, 5) is 0. The first-order chi connectivity index (χ1) is 9.85. The molecule has 2 rings (SSSR count). The van der Waals surface area contributed by atoms with Crippen LogP contribution in [0.15, 0.2) is 42.5 Å². The first-order valence-corrected chi connectivity index (χ1v) is 8.72. The van der Waals surface area contributed by atoms with Crippen molar-refractivity contribution in [2.45, 2.75) is 12.3 Å². The first kappa shape index (κ1) is 15.8. The van der Waals surface area contributed by atoms with Gasteiger partial charge < -0.3 is 5.32 Å². The van der Waals surface area contributed by atoms with Crippen LogP contribution in [0.5, 0.6) is 0 Å². The Hall–Kier alpha value is -1.59. The first-order valence-electron chi connectivity index (χ1n) is 6.28. The molecule has 2 aromatic carbocycles. The molecule has 0 saturated heterocycles. The van der Waals surface area contributed by atoms with Crippen LogP contribution in [0.3, 0.4) is 0 Å². The molecule has 0 radical (unpaired) electrons. The van der Waals surface area contributed by atoms with Gasteiger partial charge in [0.25, 0.3) is 0 Å². The van der Waals surface area contributed by atoms with Crippen molar-refractivity contribution in [2.24, 2.45) is 0 Å².